The van der Waals surface area contributed by atoms with Crippen molar-refractivity contribution in [2.75, 3.05) is 18.2 Å². The maximum atomic E-state index is 12.6. The van der Waals surface area contributed by atoms with Gasteiger partial charge in [-0.3, -0.25) is 4.79 Å². The number of hydrogen-bond acceptors (Lipinski definition) is 6. The molecule has 0 fully saturated rings. The standard InChI is InChI=1S/C22H20ClN5O2S/c1-13-4-6-15(7-5-13)28-21-16(10-26-28)22(25-12-24-21)31-11-20(29)27-18-8-14(2)17(23)9-19(18)30-3/h4-10,12H,11H2,1-3H3,(H,27,29). The molecule has 0 saturated carbocycles. The van der Waals surface area contributed by atoms with Crippen LogP contribution in [0.25, 0.3) is 16.7 Å². The highest BCUT2D eigenvalue weighted by Crippen LogP contribution is 2.31. The Balaban J connectivity index is 1.51. The molecule has 0 aliphatic heterocycles. The largest absolute Gasteiger partial charge is 0.495 e. The summed E-state index contributed by atoms with van der Waals surface area (Å²) in [5.41, 5.74) is 4.21. The quantitative estimate of drug-likeness (QED) is 0.333. The molecule has 0 unspecified atom stereocenters. The van der Waals surface area contributed by atoms with Crippen LogP contribution < -0.4 is 10.1 Å². The summed E-state index contributed by atoms with van der Waals surface area (Å²) in [6.07, 6.45) is 3.21. The maximum Gasteiger partial charge on any atom is 0.234 e. The Morgan fingerprint density at radius 1 is 1.19 bits per heavy atom. The molecule has 1 N–H and O–H groups in total. The van der Waals surface area contributed by atoms with Crippen molar-refractivity contribution in [1.29, 1.82) is 0 Å². The van der Waals surface area contributed by atoms with Crippen LogP contribution in [-0.4, -0.2) is 38.5 Å². The Kier molecular flexibility index (Phi) is 6.11. The van der Waals surface area contributed by atoms with Gasteiger partial charge in [0, 0.05) is 11.1 Å². The van der Waals surface area contributed by atoms with Crippen molar-refractivity contribution >= 4 is 46.0 Å². The number of carbonyl (C=O) groups excluding carboxylic acids is 1. The fourth-order valence-corrected chi connectivity index (χ4v) is 3.98. The number of hydrogen-bond donors (Lipinski definition) is 1. The van der Waals surface area contributed by atoms with Crippen molar-refractivity contribution in [3.63, 3.8) is 0 Å². The average molecular weight is 454 g/mol. The van der Waals surface area contributed by atoms with E-state index >= 15 is 0 Å². The fourth-order valence-electron chi connectivity index (χ4n) is 3.06. The second kappa shape index (κ2) is 8.95. The van der Waals surface area contributed by atoms with Gasteiger partial charge in [-0.1, -0.05) is 41.1 Å². The molecule has 0 bridgehead atoms. The molecule has 7 nitrogen and oxygen atoms in total. The molecule has 2 aromatic carbocycles. The minimum atomic E-state index is -0.178. The van der Waals surface area contributed by atoms with E-state index in [9.17, 15) is 4.79 Å². The van der Waals surface area contributed by atoms with E-state index in [1.165, 1.54) is 30.8 Å². The van der Waals surface area contributed by atoms with E-state index in [1.807, 2.05) is 38.1 Å². The summed E-state index contributed by atoms with van der Waals surface area (Å²) in [6, 6.07) is 11.5. The van der Waals surface area contributed by atoms with Crippen LogP contribution in [0.15, 0.2) is 53.9 Å². The summed E-state index contributed by atoms with van der Waals surface area (Å²) >= 11 is 7.46. The van der Waals surface area contributed by atoms with Gasteiger partial charge in [0.05, 0.1) is 35.8 Å². The Morgan fingerprint density at radius 2 is 1.97 bits per heavy atom. The van der Waals surface area contributed by atoms with Crippen LogP contribution in [0, 0.1) is 13.8 Å². The third-order valence-electron chi connectivity index (χ3n) is 4.70. The molecule has 31 heavy (non-hydrogen) atoms. The zero-order valence-electron chi connectivity index (χ0n) is 17.2. The van der Waals surface area contributed by atoms with Gasteiger partial charge in [0.1, 0.15) is 17.1 Å². The number of nitrogens with zero attached hydrogens (tertiary/aromatic N) is 4. The summed E-state index contributed by atoms with van der Waals surface area (Å²) in [6.45, 7) is 3.91. The van der Waals surface area contributed by atoms with Crippen LogP contribution in [0.5, 0.6) is 5.75 Å². The molecular formula is C22H20ClN5O2S. The van der Waals surface area contributed by atoms with Gasteiger partial charge in [-0.05, 0) is 37.6 Å². The molecule has 1 amide bonds. The topological polar surface area (TPSA) is 81.9 Å². The first kappa shape index (κ1) is 21.1. The Bertz CT molecular complexity index is 1260. The second-order valence-electron chi connectivity index (χ2n) is 6.95. The number of anilines is 1. The summed E-state index contributed by atoms with van der Waals surface area (Å²) in [5.74, 6) is 0.507. The second-order valence-corrected chi connectivity index (χ2v) is 8.32. The number of halogens is 1. The molecule has 4 rings (SSSR count). The van der Waals surface area contributed by atoms with Crippen molar-refractivity contribution in [2.24, 2.45) is 0 Å². The van der Waals surface area contributed by atoms with Gasteiger partial charge >= 0.3 is 0 Å². The predicted molar refractivity (Wildman–Crippen MR) is 123 cm³/mol. The molecule has 158 valence electrons. The van der Waals surface area contributed by atoms with E-state index in [1.54, 1.807) is 23.0 Å². The number of nitrogens with one attached hydrogen (secondary N) is 1. The Hall–Kier alpha value is -3.10. The number of aromatic nitrogens is 4. The number of ether oxygens (including phenoxy) is 1. The Labute approximate surface area is 188 Å². The fraction of sp³-hybridized carbons (Fsp3) is 0.182. The van der Waals surface area contributed by atoms with Crippen molar-refractivity contribution in [2.45, 2.75) is 18.9 Å². The van der Waals surface area contributed by atoms with Crippen LogP contribution >= 0.6 is 23.4 Å². The normalized spacial score (nSPS) is 11.0. The number of methoxy groups -OCH3 is 1. The molecule has 2 heterocycles. The minimum Gasteiger partial charge on any atom is -0.495 e. The SMILES string of the molecule is COc1cc(Cl)c(C)cc1NC(=O)CSc1ncnc2c1cnn2-c1ccc(C)cc1. The predicted octanol–water partition coefficient (Wildman–Crippen LogP) is 4.83. The highest BCUT2D eigenvalue weighted by molar-refractivity contribution is 8.00. The van der Waals surface area contributed by atoms with Gasteiger partial charge in [0.2, 0.25) is 5.91 Å². The van der Waals surface area contributed by atoms with Crippen molar-refractivity contribution in [3.05, 3.63) is 65.1 Å². The van der Waals surface area contributed by atoms with Crippen LogP contribution in [0.4, 0.5) is 5.69 Å². The number of carbonyl (C=O) groups is 1. The van der Waals surface area contributed by atoms with Gasteiger partial charge in [-0.25, -0.2) is 14.6 Å². The molecular weight excluding hydrogens is 434 g/mol. The van der Waals surface area contributed by atoms with E-state index < -0.39 is 0 Å². The lowest BCUT2D eigenvalue weighted by atomic mass is 10.2. The monoisotopic (exact) mass is 453 g/mol. The molecule has 0 atom stereocenters. The summed E-state index contributed by atoms with van der Waals surface area (Å²) in [4.78, 5) is 21.3. The molecule has 0 aliphatic carbocycles. The van der Waals surface area contributed by atoms with Crippen LogP contribution in [0.3, 0.4) is 0 Å². The Morgan fingerprint density at radius 3 is 2.71 bits per heavy atom. The first-order chi connectivity index (χ1) is 15.0. The zero-order chi connectivity index (χ0) is 22.0. The van der Waals surface area contributed by atoms with Crippen LogP contribution in [0.1, 0.15) is 11.1 Å². The van der Waals surface area contributed by atoms with Crippen molar-refractivity contribution < 1.29 is 9.53 Å². The molecule has 9 heteroatoms. The molecule has 4 aromatic rings. The minimum absolute atomic E-state index is 0.173. The van der Waals surface area contributed by atoms with Crippen molar-refractivity contribution in [3.8, 4) is 11.4 Å². The molecule has 0 aliphatic rings. The van der Waals surface area contributed by atoms with Gasteiger partial charge < -0.3 is 10.1 Å². The summed E-state index contributed by atoms with van der Waals surface area (Å²) in [7, 11) is 1.54. The highest BCUT2D eigenvalue weighted by atomic mass is 35.5. The molecule has 0 radical (unpaired) electrons. The number of fused-ring (bicyclic) bond motifs is 1. The average Bonchev–Trinajstić information content (AvgIpc) is 3.20. The van der Waals surface area contributed by atoms with E-state index in [4.69, 9.17) is 16.3 Å². The van der Waals surface area contributed by atoms with Gasteiger partial charge in [0.15, 0.2) is 5.65 Å². The molecule has 0 saturated heterocycles. The zero-order valence-corrected chi connectivity index (χ0v) is 18.8. The van der Waals surface area contributed by atoms with Gasteiger partial charge in [-0.15, -0.1) is 0 Å². The first-order valence-corrected chi connectivity index (χ1v) is 10.8. The van der Waals surface area contributed by atoms with E-state index in [0.717, 1.165) is 16.6 Å². The number of aryl methyl sites for hydroxylation is 2. The summed E-state index contributed by atoms with van der Waals surface area (Å²) in [5, 5.41) is 9.41. The highest BCUT2D eigenvalue weighted by Gasteiger charge is 2.15. The lowest BCUT2D eigenvalue weighted by Gasteiger charge is -2.12. The summed E-state index contributed by atoms with van der Waals surface area (Å²) < 4.78 is 7.08. The number of benzene rings is 2. The third kappa shape index (κ3) is 4.50. The number of amides is 1. The molecule has 0 spiro atoms. The van der Waals surface area contributed by atoms with Gasteiger partial charge in [-0.2, -0.15) is 5.10 Å². The van der Waals surface area contributed by atoms with Gasteiger partial charge in [0.25, 0.3) is 0 Å². The lowest BCUT2D eigenvalue weighted by molar-refractivity contribution is -0.113. The number of rotatable bonds is 6. The first-order valence-electron chi connectivity index (χ1n) is 9.49. The molecule has 2 aromatic heterocycles. The van der Waals surface area contributed by atoms with Crippen LogP contribution in [0.2, 0.25) is 5.02 Å². The number of thioether (sulfide) groups is 1. The van der Waals surface area contributed by atoms with E-state index in [2.05, 4.69) is 20.4 Å². The smallest absolute Gasteiger partial charge is 0.234 e. The van der Waals surface area contributed by atoms with E-state index in [0.29, 0.717) is 27.1 Å². The van der Waals surface area contributed by atoms with E-state index in [-0.39, 0.29) is 11.7 Å². The lowest BCUT2D eigenvalue weighted by Crippen LogP contribution is -2.15. The van der Waals surface area contributed by atoms with Crippen LogP contribution in [-0.2, 0) is 4.79 Å². The maximum absolute atomic E-state index is 12.6. The third-order valence-corrected chi connectivity index (χ3v) is 6.12. The van der Waals surface area contributed by atoms with Crippen molar-refractivity contribution in [1.82, 2.24) is 19.7 Å².